The second-order valence-corrected chi connectivity index (χ2v) is 7.89. The average molecular weight is 324 g/mol. The normalized spacial score (nSPS) is 23.0. The fourth-order valence-electron chi connectivity index (χ4n) is 4.70. The van der Waals surface area contributed by atoms with Gasteiger partial charge in [-0.1, -0.05) is 30.3 Å². The van der Waals surface area contributed by atoms with Crippen LogP contribution in [0.2, 0.25) is 0 Å². The molecular weight excluding hydrogens is 296 g/mol. The van der Waals surface area contributed by atoms with Gasteiger partial charge < -0.3 is 9.80 Å². The van der Waals surface area contributed by atoms with Crippen LogP contribution in [-0.2, 0) is 10.2 Å². The maximum Gasteiger partial charge on any atom is 0.254 e. The summed E-state index contributed by atoms with van der Waals surface area (Å²) >= 11 is 0. The number of carbonyl (C=O) groups is 1. The molecule has 2 fully saturated rings. The molecule has 0 bridgehead atoms. The molecule has 1 aromatic rings. The summed E-state index contributed by atoms with van der Waals surface area (Å²) in [5, 5.41) is 0. The lowest BCUT2D eigenvalue weighted by atomic mass is 9.74. The van der Waals surface area contributed by atoms with Crippen molar-refractivity contribution in [3.63, 3.8) is 0 Å². The van der Waals surface area contributed by atoms with Crippen LogP contribution < -0.4 is 0 Å². The van der Waals surface area contributed by atoms with Crippen molar-refractivity contribution in [1.82, 2.24) is 9.80 Å². The maximum absolute atomic E-state index is 13.1. The number of carbonyl (C=O) groups excluding carboxylic acids is 1. The number of benzene rings is 1. The molecule has 2 aliphatic heterocycles. The minimum Gasteiger partial charge on any atom is -0.339 e. The fraction of sp³-hybridized carbons (Fsp3) is 0.571. The quantitative estimate of drug-likeness (QED) is 0.832. The van der Waals surface area contributed by atoms with E-state index in [9.17, 15) is 4.79 Å². The summed E-state index contributed by atoms with van der Waals surface area (Å²) in [6, 6.07) is 9.21. The van der Waals surface area contributed by atoms with Gasteiger partial charge in [0.1, 0.15) is 0 Å². The molecule has 2 heterocycles. The largest absolute Gasteiger partial charge is 0.339 e. The van der Waals surface area contributed by atoms with Gasteiger partial charge in [0.15, 0.2) is 0 Å². The number of piperidine rings is 1. The van der Waals surface area contributed by atoms with Gasteiger partial charge in [-0.25, -0.2) is 0 Å². The zero-order valence-corrected chi connectivity index (χ0v) is 14.9. The SMILES string of the molecule is CC(C)N1CCC2(C=C(C(=O)N3CCCC3)c3ccccc32)CC1. The number of rotatable bonds is 2. The number of likely N-dealkylation sites (tertiary alicyclic amines) is 2. The van der Waals surface area contributed by atoms with Crippen LogP contribution in [0.4, 0.5) is 0 Å². The van der Waals surface area contributed by atoms with Crippen LogP contribution >= 0.6 is 0 Å². The molecule has 0 aromatic heterocycles. The maximum atomic E-state index is 13.1. The molecule has 0 radical (unpaired) electrons. The standard InChI is InChI=1S/C21H28N2O/c1-16(2)22-13-9-21(10-14-22)15-18(17-7-3-4-8-19(17)21)20(24)23-11-5-6-12-23/h3-4,7-8,15-16H,5-6,9-14H2,1-2H3. The third kappa shape index (κ3) is 2.50. The molecule has 1 amide bonds. The molecule has 128 valence electrons. The number of allylic oxidation sites excluding steroid dienone is 1. The lowest BCUT2D eigenvalue weighted by Crippen LogP contribution is -2.44. The first-order valence-electron chi connectivity index (χ1n) is 9.47. The van der Waals surface area contributed by atoms with E-state index in [1.165, 1.54) is 11.1 Å². The lowest BCUT2D eigenvalue weighted by Gasteiger charge is -2.41. The average Bonchev–Trinajstić information content (AvgIpc) is 3.23. The summed E-state index contributed by atoms with van der Waals surface area (Å²) in [6.45, 7) is 8.64. The minimum atomic E-state index is 0.0761. The van der Waals surface area contributed by atoms with Gasteiger partial charge in [0.25, 0.3) is 5.91 Å². The first-order chi connectivity index (χ1) is 11.6. The summed E-state index contributed by atoms with van der Waals surface area (Å²) in [6.07, 6.45) is 6.87. The molecule has 24 heavy (non-hydrogen) atoms. The molecule has 1 aliphatic carbocycles. The number of hydrogen-bond acceptors (Lipinski definition) is 2. The first-order valence-corrected chi connectivity index (χ1v) is 9.47. The Kier molecular flexibility index (Phi) is 4.00. The zero-order chi connectivity index (χ0) is 16.7. The summed E-state index contributed by atoms with van der Waals surface area (Å²) < 4.78 is 0. The van der Waals surface area contributed by atoms with Gasteiger partial charge >= 0.3 is 0 Å². The van der Waals surface area contributed by atoms with Crippen molar-refractivity contribution in [2.75, 3.05) is 26.2 Å². The molecule has 0 unspecified atom stereocenters. The van der Waals surface area contributed by atoms with E-state index in [-0.39, 0.29) is 11.3 Å². The van der Waals surface area contributed by atoms with Crippen molar-refractivity contribution < 1.29 is 4.79 Å². The van der Waals surface area contributed by atoms with Crippen molar-refractivity contribution in [1.29, 1.82) is 0 Å². The van der Waals surface area contributed by atoms with Gasteiger partial charge in [0, 0.05) is 30.1 Å². The Balaban J connectivity index is 1.67. The van der Waals surface area contributed by atoms with Gasteiger partial charge in [-0.3, -0.25) is 4.79 Å². The third-order valence-corrected chi connectivity index (χ3v) is 6.22. The Hall–Kier alpha value is -1.61. The van der Waals surface area contributed by atoms with Gasteiger partial charge in [-0.2, -0.15) is 0 Å². The van der Waals surface area contributed by atoms with Crippen LogP contribution in [-0.4, -0.2) is 47.9 Å². The summed E-state index contributed by atoms with van der Waals surface area (Å²) in [5.41, 5.74) is 3.61. The van der Waals surface area contributed by atoms with E-state index in [0.717, 1.165) is 57.4 Å². The van der Waals surface area contributed by atoms with E-state index < -0.39 is 0 Å². The highest BCUT2D eigenvalue weighted by atomic mass is 16.2. The van der Waals surface area contributed by atoms with Gasteiger partial charge in [-0.15, -0.1) is 0 Å². The van der Waals surface area contributed by atoms with Gasteiger partial charge in [0.05, 0.1) is 0 Å². The Labute approximate surface area is 145 Å². The Morgan fingerprint density at radius 3 is 2.38 bits per heavy atom. The van der Waals surface area contributed by atoms with E-state index >= 15 is 0 Å². The van der Waals surface area contributed by atoms with E-state index in [4.69, 9.17) is 0 Å². The topological polar surface area (TPSA) is 23.6 Å². The number of nitrogens with zero attached hydrogens (tertiary/aromatic N) is 2. The molecule has 3 aliphatic rings. The van der Waals surface area contributed by atoms with Crippen molar-refractivity contribution in [2.45, 2.75) is 51.0 Å². The fourth-order valence-corrected chi connectivity index (χ4v) is 4.70. The second kappa shape index (κ2) is 6.03. The summed E-state index contributed by atoms with van der Waals surface area (Å²) in [5.74, 6) is 0.253. The van der Waals surface area contributed by atoms with Crippen LogP contribution in [0.3, 0.4) is 0 Å². The lowest BCUT2D eigenvalue weighted by molar-refractivity contribution is -0.124. The molecule has 2 saturated heterocycles. The summed E-state index contributed by atoms with van der Waals surface area (Å²) in [4.78, 5) is 17.7. The Morgan fingerprint density at radius 1 is 1.04 bits per heavy atom. The second-order valence-electron chi connectivity index (χ2n) is 7.89. The number of fused-ring (bicyclic) bond motifs is 2. The monoisotopic (exact) mass is 324 g/mol. The molecular formula is C21H28N2O. The first kappa shape index (κ1) is 15.9. The molecule has 4 rings (SSSR count). The van der Waals surface area contributed by atoms with E-state index in [2.05, 4.69) is 49.1 Å². The van der Waals surface area contributed by atoms with Gasteiger partial charge in [0.2, 0.25) is 0 Å². The molecule has 1 aromatic carbocycles. The van der Waals surface area contributed by atoms with Crippen molar-refractivity contribution in [3.8, 4) is 0 Å². The third-order valence-electron chi connectivity index (χ3n) is 6.22. The van der Waals surface area contributed by atoms with Crippen LogP contribution in [0.15, 0.2) is 30.3 Å². The van der Waals surface area contributed by atoms with E-state index in [1.807, 2.05) is 4.90 Å². The van der Waals surface area contributed by atoms with Gasteiger partial charge in [-0.05, 0) is 63.7 Å². The van der Waals surface area contributed by atoms with Crippen molar-refractivity contribution in [2.24, 2.45) is 0 Å². The smallest absolute Gasteiger partial charge is 0.254 e. The molecule has 3 nitrogen and oxygen atoms in total. The molecule has 0 atom stereocenters. The molecule has 0 saturated carbocycles. The van der Waals surface area contributed by atoms with E-state index in [1.54, 1.807) is 0 Å². The van der Waals surface area contributed by atoms with Crippen LogP contribution in [0.25, 0.3) is 5.57 Å². The van der Waals surface area contributed by atoms with Crippen LogP contribution in [0.5, 0.6) is 0 Å². The highest BCUT2D eigenvalue weighted by Crippen LogP contribution is 2.47. The van der Waals surface area contributed by atoms with Crippen LogP contribution in [0, 0.1) is 0 Å². The molecule has 3 heteroatoms. The number of amides is 1. The molecule has 0 N–H and O–H groups in total. The highest BCUT2D eigenvalue weighted by Gasteiger charge is 2.43. The Bertz CT molecular complexity index is 662. The predicted octanol–water partition coefficient (Wildman–Crippen LogP) is 3.45. The van der Waals surface area contributed by atoms with Crippen molar-refractivity contribution >= 4 is 11.5 Å². The minimum absolute atomic E-state index is 0.0761. The predicted molar refractivity (Wildman–Crippen MR) is 97.9 cm³/mol. The summed E-state index contributed by atoms with van der Waals surface area (Å²) in [7, 11) is 0. The van der Waals surface area contributed by atoms with Crippen LogP contribution in [0.1, 0.15) is 50.7 Å². The highest BCUT2D eigenvalue weighted by molar-refractivity contribution is 6.21. The zero-order valence-electron chi connectivity index (χ0n) is 14.9. The number of hydrogen-bond donors (Lipinski definition) is 0. The van der Waals surface area contributed by atoms with E-state index in [0.29, 0.717) is 6.04 Å². The van der Waals surface area contributed by atoms with Crippen molar-refractivity contribution in [3.05, 3.63) is 41.5 Å². The molecule has 1 spiro atoms. The Morgan fingerprint density at radius 2 is 1.71 bits per heavy atom.